The molecule has 2 aromatic carbocycles. The third-order valence-corrected chi connectivity index (χ3v) is 3.74. The Morgan fingerprint density at radius 3 is 2.11 bits per heavy atom. The van der Waals surface area contributed by atoms with Crippen LogP contribution in [0.25, 0.3) is 0 Å². The Morgan fingerprint density at radius 2 is 1.61 bits per heavy atom. The molecule has 0 aliphatic rings. The van der Waals surface area contributed by atoms with Gasteiger partial charge >= 0.3 is 12.1 Å². The Hall–Kier alpha value is -3.36. The van der Waals surface area contributed by atoms with Crippen molar-refractivity contribution in [1.29, 1.82) is 0 Å². The van der Waals surface area contributed by atoms with E-state index in [1.165, 1.54) is 43.3 Å². The van der Waals surface area contributed by atoms with Crippen molar-refractivity contribution in [3.63, 3.8) is 0 Å². The van der Waals surface area contributed by atoms with Gasteiger partial charge in [0.1, 0.15) is 0 Å². The molecule has 1 unspecified atom stereocenters. The summed E-state index contributed by atoms with van der Waals surface area (Å²) in [5.74, 6) is -1.97. The smallest absolute Gasteiger partial charge is 0.416 e. The minimum Gasteiger partial charge on any atom is -0.452 e. The highest BCUT2D eigenvalue weighted by atomic mass is 19.4. The molecule has 6 nitrogen and oxygen atoms in total. The van der Waals surface area contributed by atoms with Gasteiger partial charge in [-0.05, 0) is 48.9 Å². The summed E-state index contributed by atoms with van der Waals surface area (Å²) < 4.78 is 42.6. The van der Waals surface area contributed by atoms with Crippen LogP contribution in [0.15, 0.2) is 48.5 Å². The standard InChI is InChI=1S/C19H17F3N2O4/c1-11(18(27)24-15-8-4-13(5-9-15)17(23)26)28-16(25)10-12-2-6-14(7-3-12)19(20,21)22/h2-9,11H,10H2,1H3,(H2,23,26)(H,24,27). The molecule has 0 fully saturated rings. The van der Waals surface area contributed by atoms with Crippen LogP contribution in [-0.4, -0.2) is 23.9 Å². The van der Waals surface area contributed by atoms with Gasteiger partial charge in [-0.3, -0.25) is 14.4 Å². The first-order valence-electron chi connectivity index (χ1n) is 8.12. The van der Waals surface area contributed by atoms with Crippen molar-refractivity contribution >= 4 is 23.5 Å². The van der Waals surface area contributed by atoms with Crippen molar-refractivity contribution in [1.82, 2.24) is 0 Å². The molecule has 1 atom stereocenters. The molecule has 2 aromatic rings. The summed E-state index contributed by atoms with van der Waals surface area (Å²) in [6.45, 7) is 1.36. The topological polar surface area (TPSA) is 98.5 Å². The first-order chi connectivity index (χ1) is 13.1. The van der Waals surface area contributed by atoms with E-state index in [-0.39, 0.29) is 12.0 Å². The quantitative estimate of drug-likeness (QED) is 0.736. The lowest BCUT2D eigenvalue weighted by Crippen LogP contribution is -2.30. The molecule has 3 N–H and O–H groups in total. The molecule has 0 radical (unpaired) electrons. The molecule has 148 valence electrons. The van der Waals surface area contributed by atoms with Crippen LogP contribution in [0.2, 0.25) is 0 Å². The Balaban J connectivity index is 1.88. The zero-order chi connectivity index (χ0) is 20.9. The number of esters is 1. The fraction of sp³-hybridized carbons (Fsp3) is 0.211. The van der Waals surface area contributed by atoms with Gasteiger partial charge in [0.2, 0.25) is 5.91 Å². The highest BCUT2D eigenvalue weighted by Gasteiger charge is 2.30. The Morgan fingerprint density at radius 1 is 1.04 bits per heavy atom. The van der Waals surface area contributed by atoms with Gasteiger partial charge in [0.05, 0.1) is 12.0 Å². The van der Waals surface area contributed by atoms with E-state index in [1.54, 1.807) is 0 Å². The zero-order valence-electron chi connectivity index (χ0n) is 14.7. The highest BCUT2D eigenvalue weighted by Crippen LogP contribution is 2.29. The van der Waals surface area contributed by atoms with Crippen molar-refractivity contribution in [2.24, 2.45) is 5.73 Å². The van der Waals surface area contributed by atoms with Crippen molar-refractivity contribution < 1.29 is 32.3 Å². The van der Waals surface area contributed by atoms with Crippen LogP contribution in [0.4, 0.5) is 18.9 Å². The van der Waals surface area contributed by atoms with Crippen LogP contribution in [-0.2, 0) is 26.9 Å². The first-order valence-corrected chi connectivity index (χ1v) is 8.12. The van der Waals surface area contributed by atoms with Crippen molar-refractivity contribution in [2.45, 2.75) is 25.6 Å². The van der Waals surface area contributed by atoms with Gasteiger partial charge in [0, 0.05) is 11.3 Å². The van der Waals surface area contributed by atoms with Gasteiger partial charge < -0.3 is 15.8 Å². The number of anilines is 1. The summed E-state index contributed by atoms with van der Waals surface area (Å²) in [6, 6.07) is 9.88. The van der Waals surface area contributed by atoms with E-state index < -0.39 is 35.6 Å². The van der Waals surface area contributed by atoms with E-state index in [9.17, 15) is 27.6 Å². The van der Waals surface area contributed by atoms with Crippen molar-refractivity contribution in [2.75, 3.05) is 5.32 Å². The minimum absolute atomic E-state index is 0.272. The first kappa shape index (κ1) is 20.9. The number of benzene rings is 2. The fourth-order valence-electron chi connectivity index (χ4n) is 2.23. The zero-order valence-corrected chi connectivity index (χ0v) is 14.7. The summed E-state index contributed by atoms with van der Waals surface area (Å²) in [5.41, 5.74) is 5.28. The largest absolute Gasteiger partial charge is 0.452 e. The molecular formula is C19H17F3N2O4. The van der Waals surface area contributed by atoms with Crippen LogP contribution in [0.5, 0.6) is 0 Å². The van der Waals surface area contributed by atoms with E-state index in [4.69, 9.17) is 10.5 Å². The molecule has 0 aromatic heterocycles. The predicted molar refractivity (Wildman–Crippen MR) is 94.3 cm³/mol. The number of hydrogen-bond donors (Lipinski definition) is 2. The second-order valence-corrected chi connectivity index (χ2v) is 5.93. The van der Waals surface area contributed by atoms with Gasteiger partial charge in [-0.25, -0.2) is 0 Å². The number of nitrogens with two attached hydrogens (primary N) is 1. The number of halogens is 3. The van der Waals surface area contributed by atoms with E-state index in [2.05, 4.69) is 5.32 Å². The molecule has 2 amide bonds. The van der Waals surface area contributed by atoms with Gasteiger partial charge in [0.15, 0.2) is 6.10 Å². The van der Waals surface area contributed by atoms with Gasteiger partial charge in [-0.15, -0.1) is 0 Å². The third-order valence-electron chi connectivity index (χ3n) is 3.74. The SMILES string of the molecule is CC(OC(=O)Cc1ccc(C(F)(F)F)cc1)C(=O)Nc1ccc(C(N)=O)cc1. The molecule has 0 aliphatic heterocycles. The maximum atomic E-state index is 12.5. The summed E-state index contributed by atoms with van der Waals surface area (Å²) >= 11 is 0. The predicted octanol–water partition coefficient (Wildman–Crippen LogP) is 2.92. The molecule has 0 saturated heterocycles. The van der Waals surface area contributed by atoms with E-state index in [0.717, 1.165) is 12.1 Å². The highest BCUT2D eigenvalue weighted by molar-refractivity contribution is 5.96. The Labute approximate surface area is 158 Å². The molecule has 0 spiro atoms. The average Bonchev–Trinajstić information content (AvgIpc) is 2.61. The van der Waals surface area contributed by atoms with E-state index >= 15 is 0 Å². The maximum Gasteiger partial charge on any atom is 0.416 e. The van der Waals surface area contributed by atoms with Crippen LogP contribution in [0, 0.1) is 0 Å². The lowest BCUT2D eigenvalue weighted by Gasteiger charge is -2.14. The van der Waals surface area contributed by atoms with E-state index in [1.807, 2.05) is 0 Å². The molecule has 9 heteroatoms. The number of rotatable bonds is 6. The number of amides is 2. The van der Waals surface area contributed by atoms with Crippen LogP contribution in [0.1, 0.15) is 28.4 Å². The maximum absolute atomic E-state index is 12.5. The third kappa shape index (κ3) is 5.83. The number of ether oxygens (including phenoxy) is 1. The van der Waals surface area contributed by atoms with Gasteiger partial charge in [-0.1, -0.05) is 12.1 Å². The summed E-state index contributed by atoms with van der Waals surface area (Å²) in [7, 11) is 0. The molecular weight excluding hydrogens is 377 g/mol. The lowest BCUT2D eigenvalue weighted by atomic mass is 10.1. The second kappa shape index (κ2) is 8.55. The number of hydrogen-bond acceptors (Lipinski definition) is 4. The summed E-state index contributed by atoms with van der Waals surface area (Å²) in [5, 5.41) is 2.51. The number of carbonyl (C=O) groups is 3. The molecule has 2 rings (SSSR count). The van der Waals surface area contributed by atoms with Crippen molar-refractivity contribution in [3.05, 3.63) is 65.2 Å². The van der Waals surface area contributed by atoms with Crippen LogP contribution in [0.3, 0.4) is 0 Å². The molecule has 0 heterocycles. The normalized spacial score (nSPS) is 12.1. The van der Waals surface area contributed by atoms with Gasteiger partial charge in [-0.2, -0.15) is 13.2 Å². The second-order valence-electron chi connectivity index (χ2n) is 5.93. The molecule has 28 heavy (non-hydrogen) atoms. The minimum atomic E-state index is -4.46. The number of carbonyl (C=O) groups excluding carboxylic acids is 3. The monoisotopic (exact) mass is 394 g/mol. The lowest BCUT2D eigenvalue weighted by molar-refractivity contribution is -0.152. The number of primary amides is 1. The van der Waals surface area contributed by atoms with Crippen LogP contribution < -0.4 is 11.1 Å². The van der Waals surface area contributed by atoms with Gasteiger partial charge in [0.25, 0.3) is 5.91 Å². The Kier molecular flexibility index (Phi) is 6.40. The number of nitrogens with one attached hydrogen (secondary N) is 1. The van der Waals surface area contributed by atoms with E-state index in [0.29, 0.717) is 11.3 Å². The summed E-state index contributed by atoms with van der Waals surface area (Å²) in [4.78, 5) is 35.0. The molecule has 0 bridgehead atoms. The molecule has 0 aliphatic carbocycles. The number of alkyl halides is 3. The fourth-order valence-corrected chi connectivity index (χ4v) is 2.23. The molecule has 0 saturated carbocycles. The van der Waals surface area contributed by atoms with Crippen LogP contribution >= 0.6 is 0 Å². The Bertz CT molecular complexity index is 862. The average molecular weight is 394 g/mol. The summed E-state index contributed by atoms with van der Waals surface area (Å²) in [6.07, 6.45) is -5.86. The van der Waals surface area contributed by atoms with Crippen molar-refractivity contribution in [3.8, 4) is 0 Å².